The molecule has 0 amide bonds. The third-order valence-corrected chi connectivity index (χ3v) is 2.75. The maximum Gasteiger partial charge on any atom is 0.340 e. The molecule has 0 bridgehead atoms. The number of hydrogen-bond acceptors (Lipinski definition) is 2. The van der Waals surface area contributed by atoms with Crippen molar-refractivity contribution < 1.29 is 9.90 Å². The van der Waals surface area contributed by atoms with Crippen molar-refractivity contribution in [2.45, 2.75) is 25.2 Å². The van der Waals surface area contributed by atoms with E-state index in [1.807, 2.05) is 0 Å². The van der Waals surface area contributed by atoms with Gasteiger partial charge in [-0.1, -0.05) is 18.0 Å². The van der Waals surface area contributed by atoms with Crippen LogP contribution >= 0.6 is 11.6 Å². The van der Waals surface area contributed by atoms with E-state index in [0.29, 0.717) is 11.6 Å². The minimum atomic E-state index is -0.999. The monoisotopic (exact) mass is 200 g/mol. The Morgan fingerprint density at radius 1 is 1.62 bits per heavy atom. The molecule has 0 aromatic carbocycles. The van der Waals surface area contributed by atoms with Crippen LogP contribution in [0, 0.1) is 0 Å². The summed E-state index contributed by atoms with van der Waals surface area (Å²) in [5, 5.41) is 15.3. The van der Waals surface area contributed by atoms with Crippen LogP contribution in [0.1, 0.15) is 41.2 Å². The van der Waals surface area contributed by atoms with Crippen molar-refractivity contribution in [3.8, 4) is 0 Å². The minimum Gasteiger partial charge on any atom is -0.478 e. The summed E-state index contributed by atoms with van der Waals surface area (Å²) in [5.41, 5.74) is 0.829. The number of carboxylic acids is 1. The number of aromatic carboxylic acids is 1. The molecule has 0 unspecified atom stereocenters. The zero-order valence-electron chi connectivity index (χ0n) is 6.88. The van der Waals surface area contributed by atoms with Gasteiger partial charge < -0.3 is 5.11 Å². The molecular weight excluding hydrogens is 192 g/mol. The first-order valence-corrected chi connectivity index (χ1v) is 4.55. The van der Waals surface area contributed by atoms with Gasteiger partial charge in [-0.3, -0.25) is 5.10 Å². The van der Waals surface area contributed by atoms with E-state index in [0.717, 1.165) is 19.3 Å². The zero-order chi connectivity index (χ0) is 9.42. The average molecular weight is 201 g/mol. The number of aromatic amines is 1. The average Bonchev–Trinajstić information content (AvgIpc) is 2.28. The quantitative estimate of drug-likeness (QED) is 0.768. The van der Waals surface area contributed by atoms with Gasteiger partial charge in [0.1, 0.15) is 5.56 Å². The number of carbonyl (C=O) groups is 1. The van der Waals surface area contributed by atoms with Crippen molar-refractivity contribution in [3.63, 3.8) is 0 Å². The first-order valence-electron chi connectivity index (χ1n) is 4.17. The van der Waals surface area contributed by atoms with Crippen LogP contribution in [0.2, 0.25) is 5.15 Å². The summed E-state index contributed by atoms with van der Waals surface area (Å²) >= 11 is 5.64. The van der Waals surface area contributed by atoms with Crippen molar-refractivity contribution in [2.24, 2.45) is 0 Å². The Morgan fingerprint density at radius 3 is 2.77 bits per heavy atom. The molecule has 0 saturated heterocycles. The van der Waals surface area contributed by atoms with Gasteiger partial charge >= 0.3 is 5.97 Å². The van der Waals surface area contributed by atoms with E-state index in [2.05, 4.69) is 10.2 Å². The second-order valence-electron chi connectivity index (χ2n) is 3.24. The molecule has 2 rings (SSSR count). The smallest absolute Gasteiger partial charge is 0.340 e. The number of hydrogen-bond donors (Lipinski definition) is 2. The molecule has 70 valence electrons. The summed E-state index contributed by atoms with van der Waals surface area (Å²) < 4.78 is 0. The van der Waals surface area contributed by atoms with E-state index < -0.39 is 5.97 Å². The van der Waals surface area contributed by atoms with Crippen molar-refractivity contribution in [2.75, 3.05) is 0 Å². The van der Waals surface area contributed by atoms with E-state index in [9.17, 15) is 4.79 Å². The van der Waals surface area contributed by atoms with Gasteiger partial charge in [0.15, 0.2) is 5.15 Å². The Bertz CT molecular complexity index is 344. The largest absolute Gasteiger partial charge is 0.478 e. The van der Waals surface area contributed by atoms with Gasteiger partial charge in [0.2, 0.25) is 0 Å². The molecule has 1 aliphatic rings. The number of rotatable bonds is 2. The third kappa shape index (κ3) is 1.31. The Balaban J connectivity index is 2.38. The van der Waals surface area contributed by atoms with Gasteiger partial charge in [0.05, 0.1) is 5.69 Å². The third-order valence-electron chi connectivity index (χ3n) is 2.48. The first kappa shape index (κ1) is 8.56. The van der Waals surface area contributed by atoms with E-state index >= 15 is 0 Å². The molecule has 1 aromatic heterocycles. The van der Waals surface area contributed by atoms with Crippen molar-refractivity contribution in [1.82, 2.24) is 10.2 Å². The number of nitrogens with zero attached hydrogens (tertiary/aromatic N) is 1. The van der Waals surface area contributed by atoms with Gasteiger partial charge in [-0.2, -0.15) is 5.10 Å². The second-order valence-corrected chi connectivity index (χ2v) is 3.59. The molecular formula is C8H9ClN2O2. The van der Waals surface area contributed by atoms with Crippen LogP contribution in [-0.4, -0.2) is 21.3 Å². The highest BCUT2D eigenvalue weighted by Gasteiger charge is 2.28. The molecule has 1 aromatic rings. The fourth-order valence-corrected chi connectivity index (χ4v) is 1.75. The van der Waals surface area contributed by atoms with Crippen LogP contribution in [-0.2, 0) is 0 Å². The van der Waals surface area contributed by atoms with Crippen molar-refractivity contribution in [3.05, 3.63) is 16.4 Å². The Labute approximate surface area is 79.9 Å². The first-order chi connectivity index (χ1) is 6.20. The summed E-state index contributed by atoms with van der Waals surface area (Å²) in [4.78, 5) is 10.8. The number of aromatic nitrogens is 2. The maximum atomic E-state index is 10.8. The Hall–Kier alpha value is -1.03. The van der Waals surface area contributed by atoms with Crippen LogP contribution < -0.4 is 0 Å². The molecule has 0 spiro atoms. The maximum absolute atomic E-state index is 10.8. The van der Waals surface area contributed by atoms with Gasteiger partial charge in [-0.15, -0.1) is 0 Å². The molecule has 1 fully saturated rings. The molecule has 4 nitrogen and oxygen atoms in total. The Morgan fingerprint density at radius 2 is 2.31 bits per heavy atom. The number of H-pyrrole nitrogens is 1. The van der Waals surface area contributed by atoms with Gasteiger partial charge in [-0.25, -0.2) is 4.79 Å². The summed E-state index contributed by atoms with van der Waals surface area (Å²) in [5.74, 6) is -0.688. The standard InChI is InChI=1S/C8H9ClN2O2/c9-7-5(8(12)13)6(10-11-7)4-2-1-3-4/h4H,1-3H2,(H,10,11)(H,12,13). The van der Waals surface area contributed by atoms with Crippen LogP contribution in [0.5, 0.6) is 0 Å². The molecule has 1 aliphatic carbocycles. The summed E-state index contributed by atoms with van der Waals surface area (Å²) in [7, 11) is 0. The van der Waals surface area contributed by atoms with E-state index in [4.69, 9.17) is 16.7 Å². The fourth-order valence-electron chi connectivity index (χ4n) is 1.53. The molecule has 2 N–H and O–H groups in total. The van der Waals surface area contributed by atoms with E-state index in [-0.39, 0.29) is 10.7 Å². The van der Waals surface area contributed by atoms with E-state index in [1.165, 1.54) is 0 Å². The lowest BCUT2D eigenvalue weighted by atomic mass is 9.81. The summed E-state index contributed by atoms with van der Waals surface area (Å²) in [6.07, 6.45) is 3.21. The summed E-state index contributed by atoms with van der Waals surface area (Å²) in [6, 6.07) is 0. The Kier molecular flexibility index (Phi) is 2.00. The number of nitrogens with one attached hydrogen (secondary N) is 1. The predicted molar refractivity (Wildman–Crippen MR) is 47.1 cm³/mol. The highest BCUT2D eigenvalue weighted by Crippen LogP contribution is 2.38. The minimum absolute atomic E-state index is 0.0643. The molecule has 0 atom stereocenters. The normalized spacial score (nSPS) is 17.0. The highest BCUT2D eigenvalue weighted by atomic mass is 35.5. The number of carboxylic acid groups (broad SMARTS) is 1. The lowest BCUT2D eigenvalue weighted by Crippen LogP contribution is -2.13. The topological polar surface area (TPSA) is 66.0 Å². The van der Waals surface area contributed by atoms with Crippen LogP contribution in [0.4, 0.5) is 0 Å². The second kappa shape index (κ2) is 3.03. The molecule has 5 heteroatoms. The lowest BCUT2D eigenvalue weighted by molar-refractivity contribution is 0.0694. The molecule has 0 radical (unpaired) electrons. The molecule has 1 saturated carbocycles. The van der Waals surface area contributed by atoms with Gasteiger partial charge in [-0.05, 0) is 12.8 Å². The van der Waals surface area contributed by atoms with Gasteiger partial charge in [0, 0.05) is 5.92 Å². The van der Waals surface area contributed by atoms with Crippen molar-refractivity contribution in [1.29, 1.82) is 0 Å². The lowest BCUT2D eigenvalue weighted by Gasteiger charge is -2.24. The van der Waals surface area contributed by atoms with Crippen molar-refractivity contribution >= 4 is 17.6 Å². The van der Waals surface area contributed by atoms with Gasteiger partial charge in [0.25, 0.3) is 0 Å². The van der Waals surface area contributed by atoms with Crippen LogP contribution in [0.25, 0.3) is 0 Å². The zero-order valence-corrected chi connectivity index (χ0v) is 7.64. The van der Waals surface area contributed by atoms with Crippen LogP contribution in [0.15, 0.2) is 0 Å². The molecule has 0 aliphatic heterocycles. The summed E-state index contributed by atoms with van der Waals surface area (Å²) in [6.45, 7) is 0. The SMILES string of the molecule is O=C(O)c1c(Cl)n[nH]c1C1CCC1. The number of halogens is 1. The predicted octanol–water partition coefficient (Wildman–Crippen LogP) is 2.03. The van der Waals surface area contributed by atoms with Crippen LogP contribution in [0.3, 0.4) is 0 Å². The molecule has 1 heterocycles. The molecule has 13 heavy (non-hydrogen) atoms. The fraction of sp³-hybridized carbons (Fsp3) is 0.500. The highest BCUT2D eigenvalue weighted by molar-refractivity contribution is 6.32. The van der Waals surface area contributed by atoms with E-state index in [1.54, 1.807) is 0 Å².